The first-order valence-corrected chi connectivity index (χ1v) is 9.88. The second-order valence-corrected chi connectivity index (χ2v) is 7.92. The fraction of sp³-hybridized carbons (Fsp3) is 0.0435. The second kappa shape index (κ2) is 6.90. The number of fused-ring (bicyclic) bond motifs is 1. The minimum Gasteiger partial charge on any atom is -0.354 e. The third-order valence-corrected chi connectivity index (χ3v) is 5.80. The molecule has 5 aromatic rings. The largest absolute Gasteiger partial charge is 0.354 e. The maximum atomic E-state index is 14.2. The summed E-state index contributed by atoms with van der Waals surface area (Å²) in [5, 5.41) is 1.73. The van der Waals surface area contributed by atoms with Crippen LogP contribution in [0.1, 0.15) is 4.88 Å². The molecular formula is C23H15F2N3S. The van der Waals surface area contributed by atoms with E-state index in [0.717, 1.165) is 37.7 Å². The monoisotopic (exact) mass is 403 g/mol. The van der Waals surface area contributed by atoms with Gasteiger partial charge in [-0.05, 0) is 49.4 Å². The molecule has 0 fully saturated rings. The van der Waals surface area contributed by atoms with Crippen molar-refractivity contribution in [3.05, 3.63) is 83.4 Å². The molecule has 1 N–H and O–H groups in total. The van der Waals surface area contributed by atoms with Crippen molar-refractivity contribution in [3.8, 4) is 33.2 Å². The molecule has 0 saturated carbocycles. The Kier molecular flexibility index (Phi) is 4.21. The highest BCUT2D eigenvalue weighted by Gasteiger charge is 2.16. The Balaban J connectivity index is 1.59. The highest BCUT2D eigenvalue weighted by Crippen LogP contribution is 2.35. The molecule has 6 heteroatoms. The van der Waals surface area contributed by atoms with Gasteiger partial charge in [-0.25, -0.2) is 13.8 Å². The lowest BCUT2D eigenvalue weighted by Crippen LogP contribution is -1.89. The van der Waals surface area contributed by atoms with Gasteiger partial charge in [-0.2, -0.15) is 0 Å². The Hall–Kier alpha value is -3.38. The SMILES string of the molecule is Cc1sc(-c2ccccn2)nc1-c1ccc2[nH]c(-c3c(F)cccc3F)cc2c1. The summed E-state index contributed by atoms with van der Waals surface area (Å²) < 4.78 is 28.3. The van der Waals surface area contributed by atoms with E-state index in [-0.39, 0.29) is 5.56 Å². The van der Waals surface area contributed by atoms with Crippen LogP contribution in [0.2, 0.25) is 0 Å². The van der Waals surface area contributed by atoms with E-state index in [4.69, 9.17) is 4.98 Å². The molecule has 3 heterocycles. The maximum Gasteiger partial charge on any atom is 0.142 e. The maximum absolute atomic E-state index is 14.2. The Morgan fingerprint density at radius 3 is 2.52 bits per heavy atom. The lowest BCUT2D eigenvalue weighted by atomic mass is 10.1. The highest BCUT2D eigenvalue weighted by molar-refractivity contribution is 7.15. The van der Waals surface area contributed by atoms with Crippen LogP contribution in [0.5, 0.6) is 0 Å². The van der Waals surface area contributed by atoms with E-state index in [0.29, 0.717) is 5.69 Å². The zero-order valence-corrected chi connectivity index (χ0v) is 16.2. The van der Waals surface area contributed by atoms with E-state index < -0.39 is 11.6 Å². The van der Waals surface area contributed by atoms with Gasteiger partial charge in [0, 0.05) is 27.5 Å². The van der Waals surface area contributed by atoms with Gasteiger partial charge >= 0.3 is 0 Å². The van der Waals surface area contributed by atoms with E-state index in [1.54, 1.807) is 23.6 Å². The number of pyridine rings is 1. The number of nitrogens with zero attached hydrogens (tertiary/aromatic N) is 2. The molecule has 0 bridgehead atoms. The third-order valence-electron chi connectivity index (χ3n) is 4.81. The number of hydrogen-bond acceptors (Lipinski definition) is 3. The molecule has 2 aromatic carbocycles. The molecule has 0 aliphatic rings. The van der Waals surface area contributed by atoms with Gasteiger partial charge < -0.3 is 4.98 Å². The third kappa shape index (κ3) is 3.11. The van der Waals surface area contributed by atoms with Crippen LogP contribution in [0.3, 0.4) is 0 Å². The summed E-state index contributed by atoms with van der Waals surface area (Å²) in [6, 6.07) is 17.2. The van der Waals surface area contributed by atoms with E-state index in [1.807, 2.05) is 43.3 Å². The van der Waals surface area contributed by atoms with Crippen molar-refractivity contribution in [2.45, 2.75) is 6.92 Å². The van der Waals surface area contributed by atoms with Gasteiger partial charge in [-0.15, -0.1) is 11.3 Å². The molecule has 0 atom stereocenters. The minimum atomic E-state index is -0.591. The van der Waals surface area contributed by atoms with Crippen molar-refractivity contribution in [2.24, 2.45) is 0 Å². The zero-order chi connectivity index (χ0) is 20.0. The van der Waals surface area contributed by atoms with Crippen LogP contribution < -0.4 is 0 Å². The van der Waals surface area contributed by atoms with Gasteiger partial charge in [0.25, 0.3) is 0 Å². The van der Waals surface area contributed by atoms with Gasteiger partial charge in [-0.1, -0.05) is 18.2 Å². The minimum absolute atomic E-state index is 0.0486. The number of aromatic amines is 1. The number of hydrogen-bond donors (Lipinski definition) is 1. The van der Waals surface area contributed by atoms with Crippen LogP contribution in [-0.2, 0) is 0 Å². The Bertz CT molecular complexity index is 1320. The first-order valence-electron chi connectivity index (χ1n) is 9.06. The van der Waals surface area contributed by atoms with Gasteiger partial charge in [0.05, 0.1) is 22.6 Å². The van der Waals surface area contributed by atoms with E-state index in [2.05, 4.69) is 9.97 Å². The van der Waals surface area contributed by atoms with Crippen LogP contribution in [0.15, 0.2) is 66.9 Å². The summed E-state index contributed by atoms with van der Waals surface area (Å²) in [5.74, 6) is -1.18. The van der Waals surface area contributed by atoms with Crippen molar-refractivity contribution >= 4 is 22.2 Å². The smallest absolute Gasteiger partial charge is 0.142 e. The van der Waals surface area contributed by atoms with Crippen molar-refractivity contribution in [3.63, 3.8) is 0 Å². The average molecular weight is 403 g/mol. The number of benzene rings is 2. The summed E-state index contributed by atoms with van der Waals surface area (Å²) in [6.45, 7) is 2.03. The molecule has 29 heavy (non-hydrogen) atoms. The van der Waals surface area contributed by atoms with Crippen molar-refractivity contribution in [1.82, 2.24) is 15.0 Å². The molecular weight excluding hydrogens is 388 g/mol. The van der Waals surface area contributed by atoms with Gasteiger partial charge in [0.15, 0.2) is 0 Å². The number of thiazole rings is 1. The summed E-state index contributed by atoms with van der Waals surface area (Å²) >= 11 is 1.59. The van der Waals surface area contributed by atoms with Crippen LogP contribution in [0.4, 0.5) is 8.78 Å². The van der Waals surface area contributed by atoms with Gasteiger partial charge in [0.2, 0.25) is 0 Å². The van der Waals surface area contributed by atoms with E-state index in [1.165, 1.54) is 18.2 Å². The molecule has 0 saturated heterocycles. The number of H-pyrrole nitrogens is 1. The number of nitrogens with one attached hydrogen (secondary N) is 1. The average Bonchev–Trinajstić information content (AvgIpc) is 3.31. The highest BCUT2D eigenvalue weighted by atomic mass is 32.1. The quantitative estimate of drug-likeness (QED) is 0.368. The molecule has 0 radical (unpaired) electrons. The lowest BCUT2D eigenvalue weighted by Gasteiger charge is -2.01. The Labute approximate surface area is 169 Å². The fourth-order valence-electron chi connectivity index (χ4n) is 3.43. The summed E-state index contributed by atoms with van der Waals surface area (Å²) in [5.41, 5.74) is 3.85. The molecule has 3 aromatic heterocycles. The Morgan fingerprint density at radius 2 is 1.76 bits per heavy atom. The molecule has 3 nitrogen and oxygen atoms in total. The predicted molar refractivity (Wildman–Crippen MR) is 113 cm³/mol. The number of rotatable bonds is 3. The fourth-order valence-corrected chi connectivity index (χ4v) is 4.35. The van der Waals surface area contributed by atoms with Crippen molar-refractivity contribution in [1.29, 1.82) is 0 Å². The standard InChI is InChI=1S/C23H15F2N3S/c1-13-22(28-23(29-13)19-7-2-3-10-26-19)14-8-9-18-15(11-14)12-20(27-18)21-16(24)5-4-6-17(21)25/h2-12,27H,1H3. The van der Waals surface area contributed by atoms with Gasteiger partial charge in [-0.3, -0.25) is 4.98 Å². The Morgan fingerprint density at radius 1 is 0.931 bits per heavy atom. The summed E-state index contributed by atoms with van der Waals surface area (Å²) in [7, 11) is 0. The predicted octanol–water partition coefficient (Wildman–Crippen LogP) is 6.61. The second-order valence-electron chi connectivity index (χ2n) is 6.72. The lowest BCUT2D eigenvalue weighted by molar-refractivity contribution is 0.589. The van der Waals surface area contributed by atoms with Crippen LogP contribution >= 0.6 is 11.3 Å². The molecule has 0 amide bonds. The summed E-state index contributed by atoms with van der Waals surface area (Å²) in [6.07, 6.45) is 1.75. The van der Waals surface area contributed by atoms with E-state index >= 15 is 0 Å². The van der Waals surface area contributed by atoms with Crippen molar-refractivity contribution < 1.29 is 8.78 Å². The van der Waals surface area contributed by atoms with Crippen LogP contribution in [0.25, 0.3) is 44.1 Å². The zero-order valence-electron chi connectivity index (χ0n) is 15.4. The normalized spacial score (nSPS) is 11.3. The van der Waals surface area contributed by atoms with Gasteiger partial charge in [0.1, 0.15) is 16.6 Å². The first kappa shape index (κ1) is 17.7. The number of aromatic nitrogens is 3. The van der Waals surface area contributed by atoms with E-state index in [9.17, 15) is 8.78 Å². The van der Waals surface area contributed by atoms with Crippen LogP contribution in [0, 0.1) is 18.6 Å². The topological polar surface area (TPSA) is 41.6 Å². The molecule has 0 unspecified atom stereocenters. The first-order chi connectivity index (χ1) is 14.1. The van der Waals surface area contributed by atoms with Crippen LogP contribution in [-0.4, -0.2) is 15.0 Å². The number of aryl methyl sites for hydroxylation is 1. The number of halogens is 2. The molecule has 0 aliphatic heterocycles. The molecule has 0 spiro atoms. The molecule has 0 aliphatic carbocycles. The molecule has 142 valence electrons. The van der Waals surface area contributed by atoms with Crippen molar-refractivity contribution in [2.75, 3.05) is 0 Å². The molecule has 5 rings (SSSR count). The summed E-state index contributed by atoms with van der Waals surface area (Å²) in [4.78, 5) is 13.3.